The molecule has 0 radical (unpaired) electrons. The highest BCUT2D eigenvalue weighted by Gasteiger charge is 2.29. The Morgan fingerprint density at radius 3 is 2.76 bits per heavy atom. The summed E-state index contributed by atoms with van der Waals surface area (Å²) in [6.45, 7) is 0.810. The van der Waals surface area contributed by atoms with E-state index < -0.39 is 9.84 Å². The molecule has 1 unspecified atom stereocenters. The number of nitrogens with zero attached hydrogens (tertiary/aromatic N) is 1. The molecule has 1 heterocycles. The quantitative estimate of drug-likeness (QED) is 0.895. The van der Waals surface area contributed by atoms with Crippen LogP contribution >= 0.6 is 0 Å². The Balaban J connectivity index is 1.91. The summed E-state index contributed by atoms with van der Waals surface area (Å²) >= 11 is 0. The number of carbonyl (C=O) groups is 1. The molecule has 1 aliphatic heterocycles. The van der Waals surface area contributed by atoms with Gasteiger partial charge in [-0.25, -0.2) is 8.42 Å². The molecule has 1 aromatic carbocycles. The van der Waals surface area contributed by atoms with Gasteiger partial charge >= 0.3 is 0 Å². The number of anilines is 1. The van der Waals surface area contributed by atoms with Gasteiger partial charge in [-0.05, 0) is 44.1 Å². The van der Waals surface area contributed by atoms with E-state index in [4.69, 9.17) is 0 Å². The van der Waals surface area contributed by atoms with E-state index in [1.165, 1.54) is 0 Å². The molecule has 1 saturated heterocycles. The lowest BCUT2D eigenvalue weighted by atomic mass is 10.0. The summed E-state index contributed by atoms with van der Waals surface area (Å²) in [6.07, 6.45) is 0.869. The standard InChI is InChI=1S/C15H22N2O3S/c1-17(2)10-12-4-3-5-14(8-12)16-15(18)9-13-6-7-21(19,20)11-13/h3-5,8,13H,6-7,9-11H2,1-2H3,(H,16,18). The van der Waals surface area contributed by atoms with Gasteiger partial charge in [0.05, 0.1) is 11.5 Å². The SMILES string of the molecule is CN(C)Cc1cccc(NC(=O)CC2CCS(=O)(=O)C2)c1. The molecule has 21 heavy (non-hydrogen) atoms. The number of benzene rings is 1. The van der Waals surface area contributed by atoms with E-state index >= 15 is 0 Å². The lowest BCUT2D eigenvalue weighted by Gasteiger charge is -2.12. The average molecular weight is 310 g/mol. The number of hydrogen-bond acceptors (Lipinski definition) is 4. The third-order valence-electron chi connectivity index (χ3n) is 3.51. The zero-order valence-corrected chi connectivity index (χ0v) is 13.3. The van der Waals surface area contributed by atoms with Crippen molar-refractivity contribution < 1.29 is 13.2 Å². The highest BCUT2D eigenvalue weighted by molar-refractivity contribution is 7.91. The van der Waals surface area contributed by atoms with Crippen LogP contribution in [0.25, 0.3) is 0 Å². The normalized spacial score (nSPS) is 20.6. The summed E-state index contributed by atoms with van der Waals surface area (Å²) in [5, 5.41) is 2.86. The first kappa shape index (κ1) is 16.0. The van der Waals surface area contributed by atoms with Crippen LogP contribution in [-0.4, -0.2) is 44.8 Å². The summed E-state index contributed by atoms with van der Waals surface area (Å²) in [5.74, 6) is 0.198. The molecule has 2 rings (SSSR count). The van der Waals surface area contributed by atoms with Crippen LogP contribution in [-0.2, 0) is 21.2 Å². The highest BCUT2D eigenvalue weighted by atomic mass is 32.2. The van der Waals surface area contributed by atoms with Gasteiger partial charge in [0.1, 0.15) is 0 Å². The Kier molecular flexibility index (Phi) is 5.00. The Morgan fingerprint density at radius 1 is 1.38 bits per heavy atom. The number of rotatable bonds is 5. The van der Waals surface area contributed by atoms with Gasteiger partial charge in [0.25, 0.3) is 0 Å². The van der Waals surface area contributed by atoms with Crippen molar-refractivity contribution in [2.24, 2.45) is 5.92 Å². The molecule has 0 spiro atoms. The van der Waals surface area contributed by atoms with Crippen LogP contribution < -0.4 is 5.32 Å². The van der Waals surface area contributed by atoms with Gasteiger partial charge in [0.2, 0.25) is 5.91 Å². The van der Waals surface area contributed by atoms with Crippen molar-refractivity contribution in [1.29, 1.82) is 0 Å². The van der Waals surface area contributed by atoms with Crippen molar-refractivity contribution >= 4 is 21.4 Å². The summed E-state index contributed by atoms with van der Waals surface area (Å²) in [5.41, 5.74) is 1.89. The van der Waals surface area contributed by atoms with Crippen LogP contribution in [0.15, 0.2) is 24.3 Å². The molecule has 5 nitrogen and oxygen atoms in total. The van der Waals surface area contributed by atoms with Crippen LogP contribution in [0.5, 0.6) is 0 Å². The molecule has 0 saturated carbocycles. The van der Waals surface area contributed by atoms with Gasteiger partial charge in [0, 0.05) is 18.7 Å². The lowest BCUT2D eigenvalue weighted by molar-refractivity contribution is -0.116. The van der Waals surface area contributed by atoms with Crippen molar-refractivity contribution in [3.05, 3.63) is 29.8 Å². The van der Waals surface area contributed by atoms with E-state index in [9.17, 15) is 13.2 Å². The molecule has 1 N–H and O–H groups in total. The van der Waals surface area contributed by atoms with Gasteiger partial charge in [-0.2, -0.15) is 0 Å². The van der Waals surface area contributed by atoms with E-state index in [2.05, 4.69) is 10.2 Å². The smallest absolute Gasteiger partial charge is 0.224 e. The first-order chi connectivity index (χ1) is 9.84. The van der Waals surface area contributed by atoms with Crippen LogP contribution in [0.1, 0.15) is 18.4 Å². The molecule has 1 amide bonds. The maximum Gasteiger partial charge on any atom is 0.224 e. The van der Waals surface area contributed by atoms with E-state index in [-0.39, 0.29) is 29.8 Å². The maximum atomic E-state index is 12.0. The monoisotopic (exact) mass is 310 g/mol. The second-order valence-electron chi connectivity index (χ2n) is 5.96. The molecule has 0 aromatic heterocycles. The van der Waals surface area contributed by atoms with Gasteiger partial charge < -0.3 is 10.2 Å². The van der Waals surface area contributed by atoms with E-state index in [1.54, 1.807) is 0 Å². The van der Waals surface area contributed by atoms with Crippen LogP contribution in [0, 0.1) is 5.92 Å². The number of sulfone groups is 1. The Hall–Kier alpha value is -1.40. The van der Waals surface area contributed by atoms with Gasteiger partial charge in [-0.15, -0.1) is 0 Å². The predicted molar refractivity (Wildman–Crippen MR) is 83.8 cm³/mol. The van der Waals surface area contributed by atoms with Crippen LogP contribution in [0.4, 0.5) is 5.69 Å². The van der Waals surface area contributed by atoms with E-state index in [0.717, 1.165) is 17.8 Å². The van der Waals surface area contributed by atoms with Gasteiger partial charge in [0.15, 0.2) is 9.84 Å². The van der Waals surface area contributed by atoms with Crippen LogP contribution in [0.3, 0.4) is 0 Å². The fourth-order valence-corrected chi connectivity index (χ4v) is 4.48. The predicted octanol–water partition coefficient (Wildman–Crippen LogP) is 1.51. The minimum Gasteiger partial charge on any atom is -0.326 e. The highest BCUT2D eigenvalue weighted by Crippen LogP contribution is 2.22. The minimum atomic E-state index is -2.92. The Labute approximate surface area is 126 Å². The number of carbonyl (C=O) groups excluding carboxylic acids is 1. The third-order valence-corrected chi connectivity index (χ3v) is 5.35. The second kappa shape index (κ2) is 6.58. The molecule has 1 aliphatic rings. The molecule has 1 aromatic rings. The fraction of sp³-hybridized carbons (Fsp3) is 0.533. The largest absolute Gasteiger partial charge is 0.326 e. The second-order valence-corrected chi connectivity index (χ2v) is 8.19. The summed E-state index contributed by atoms with van der Waals surface area (Å²) < 4.78 is 22.8. The minimum absolute atomic E-state index is 0.0417. The summed E-state index contributed by atoms with van der Waals surface area (Å²) in [7, 11) is 1.06. The zero-order chi connectivity index (χ0) is 15.5. The summed E-state index contributed by atoms with van der Waals surface area (Å²) in [4.78, 5) is 14.1. The molecular weight excluding hydrogens is 288 g/mol. The van der Waals surface area contributed by atoms with Crippen molar-refractivity contribution in [3.8, 4) is 0 Å². The van der Waals surface area contributed by atoms with E-state index in [0.29, 0.717) is 6.42 Å². The van der Waals surface area contributed by atoms with Crippen molar-refractivity contribution in [2.75, 3.05) is 30.9 Å². The Bertz CT molecular complexity index is 611. The maximum absolute atomic E-state index is 12.0. The topological polar surface area (TPSA) is 66.5 Å². The van der Waals surface area contributed by atoms with E-state index in [1.807, 2.05) is 38.4 Å². The first-order valence-corrected chi connectivity index (χ1v) is 8.90. The number of nitrogens with one attached hydrogen (secondary N) is 1. The molecule has 1 atom stereocenters. The molecule has 116 valence electrons. The molecule has 0 aliphatic carbocycles. The number of hydrogen-bond donors (Lipinski definition) is 1. The van der Waals surface area contributed by atoms with Gasteiger partial charge in [-0.3, -0.25) is 4.79 Å². The molecular formula is C15H22N2O3S. The molecule has 1 fully saturated rings. The van der Waals surface area contributed by atoms with Gasteiger partial charge in [-0.1, -0.05) is 12.1 Å². The van der Waals surface area contributed by atoms with Crippen LogP contribution in [0.2, 0.25) is 0 Å². The van der Waals surface area contributed by atoms with Crippen molar-refractivity contribution in [2.45, 2.75) is 19.4 Å². The zero-order valence-electron chi connectivity index (χ0n) is 12.5. The van der Waals surface area contributed by atoms with Crippen molar-refractivity contribution in [1.82, 2.24) is 4.90 Å². The third kappa shape index (κ3) is 5.13. The van der Waals surface area contributed by atoms with Crippen molar-refractivity contribution in [3.63, 3.8) is 0 Å². The first-order valence-electron chi connectivity index (χ1n) is 7.08. The Morgan fingerprint density at radius 2 is 2.14 bits per heavy atom. The molecule has 6 heteroatoms. The number of amides is 1. The lowest BCUT2D eigenvalue weighted by Crippen LogP contribution is -2.17. The average Bonchev–Trinajstić information content (AvgIpc) is 2.67. The summed E-state index contributed by atoms with van der Waals surface area (Å²) in [6, 6.07) is 7.72. The fourth-order valence-electron chi connectivity index (χ4n) is 2.62. The molecule has 0 bridgehead atoms.